The van der Waals surface area contributed by atoms with Crippen LogP contribution in [0.2, 0.25) is 0 Å². The highest BCUT2D eigenvalue weighted by Gasteiger charge is 2.22. The summed E-state index contributed by atoms with van der Waals surface area (Å²) >= 11 is 3.36. The van der Waals surface area contributed by atoms with E-state index in [2.05, 4.69) is 26.0 Å². The van der Waals surface area contributed by atoms with E-state index in [-0.39, 0.29) is 29.4 Å². The summed E-state index contributed by atoms with van der Waals surface area (Å²) in [5.41, 5.74) is 2.21. The van der Waals surface area contributed by atoms with Crippen molar-refractivity contribution in [1.82, 2.24) is 9.66 Å². The van der Waals surface area contributed by atoms with Crippen molar-refractivity contribution in [2.75, 3.05) is 7.11 Å². The summed E-state index contributed by atoms with van der Waals surface area (Å²) < 4.78 is 13.1. The summed E-state index contributed by atoms with van der Waals surface area (Å²) in [5, 5.41) is 16.5. The van der Waals surface area contributed by atoms with Gasteiger partial charge in [-0.15, -0.1) is 0 Å². The first-order valence-corrected chi connectivity index (χ1v) is 11.3. The maximum absolute atomic E-state index is 13.0. The lowest BCUT2D eigenvalue weighted by Gasteiger charge is -2.12. The van der Waals surface area contributed by atoms with Crippen LogP contribution in [-0.2, 0) is 6.61 Å². The molecule has 0 fully saturated rings. The number of methoxy groups -OCH3 is 1. The van der Waals surface area contributed by atoms with E-state index in [1.807, 2.05) is 31.2 Å². The highest BCUT2D eigenvalue weighted by Crippen LogP contribution is 2.38. The number of nitro groups is 1. The Balaban J connectivity index is 1.71. The molecule has 0 amide bonds. The van der Waals surface area contributed by atoms with Gasteiger partial charge in [-0.3, -0.25) is 14.9 Å². The topological polar surface area (TPSA) is 109 Å². The molecule has 0 aliphatic rings. The monoisotopic (exact) mass is 536 g/mol. The number of benzene rings is 3. The standard InChI is InChI=1S/C25H21BrN4O5/c1-15-5-4-6-17(9-15)14-35-24-22(30(32)33)10-18(11-23(24)34-3)13-27-29-16(2)28-21-8-7-19(26)12-20(21)25(29)31/h4-13H,14H2,1-3H3. The minimum absolute atomic E-state index is 0.0155. The number of hydrogen-bond donors (Lipinski definition) is 0. The van der Waals surface area contributed by atoms with Gasteiger partial charge < -0.3 is 9.47 Å². The van der Waals surface area contributed by atoms with E-state index in [0.29, 0.717) is 22.3 Å². The predicted octanol–water partition coefficient (Wildman–Crippen LogP) is 5.15. The molecule has 1 aromatic heterocycles. The summed E-state index contributed by atoms with van der Waals surface area (Å²) in [4.78, 5) is 28.7. The molecule has 4 rings (SSSR count). The van der Waals surface area contributed by atoms with E-state index in [9.17, 15) is 14.9 Å². The van der Waals surface area contributed by atoms with Crippen molar-refractivity contribution in [2.24, 2.45) is 5.10 Å². The lowest BCUT2D eigenvalue weighted by Crippen LogP contribution is -2.20. The SMILES string of the molecule is COc1cc(C=Nn2c(C)nc3ccc(Br)cc3c2=O)cc([N+](=O)[O-])c1OCc1cccc(C)c1. The molecule has 0 spiro atoms. The second kappa shape index (κ2) is 10.1. The quantitative estimate of drug-likeness (QED) is 0.183. The van der Waals surface area contributed by atoms with E-state index in [1.54, 1.807) is 31.2 Å². The number of rotatable bonds is 7. The van der Waals surface area contributed by atoms with Crippen LogP contribution in [0.5, 0.6) is 11.5 Å². The van der Waals surface area contributed by atoms with E-state index in [0.717, 1.165) is 20.3 Å². The van der Waals surface area contributed by atoms with Crippen LogP contribution in [0.4, 0.5) is 5.69 Å². The van der Waals surface area contributed by atoms with Crippen LogP contribution in [0.25, 0.3) is 10.9 Å². The van der Waals surface area contributed by atoms with Gasteiger partial charge in [0, 0.05) is 16.1 Å². The van der Waals surface area contributed by atoms with Crippen molar-refractivity contribution in [1.29, 1.82) is 0 Å². The number of halogens is 1. The molecule has 10 heteroatoms. The van der Waals surface area contributed by atoms with Crippen molar-refractivity contribution in [2.45, 2.75) is 20.5 Å². The van der Waals surface area contributed by atoms with Crippen LogP contribution < -0.4 is 15.0 Å². The van der Waals surface area contributed by atoms with E-state index < -0.39 is 4.92 Å². The minimum atomic E-state index is -0.544. The van der Waals surface area contributed by atoms with Gasteiger partial charge >= 0.3 is 5.69 Å². The largest absolute Gasteiger partial charge is 0.493 e. The summed E-state index contributed by atoms with van der Waals surface area (Å²) in [7, 11) is 1.40. The smallest absolute Gasteiger partial charge is 0.315 e. The van der Waals surface area contributed by atoms with Crippen LogP contribution in [0.1, 0.15) is 22.5 Å². The fourth-order valence-corrected chi connectivity index (χ4v) is 3.95. The number of aryl methyl sites for hydroxylation is 2. The third-order valence-corrected chi connectivity index (χ3v) is 5.73. The maximum Gasteiger partial charge on any atom is 0.315 e. The Morgan fingerprint density at radius 3 is 2.69 bits per heavy atom. The first-order valence-electron chi connectivity index (χ1n) is 10.5. The molecule has 35 heavy (non-hydrogen) atoms. The van der Waals surface area contributed by atoms with Gasteiger partial charge in [0.25, 0.3) is 5.56 Å². The molecule has 4 aromatic rings. The molecule has 0 aliphatic carbocycles. The van der Waals surface area contributed by atoms with E-state index in [1.165, 1.54) is 19.4 Å². The number of hydrogen-bond acceptors (Lipinski definition) is 7. The van der Waals surface area contributed by atoms with Gasteiger partial charge in [-0.1, -0.05) is 45.8 Å². The van der Waals surface area contributed by atoms with Gasteiger partial charge in [-0.2, -0.15) is 9.78 Å². The second-order valence-corrected chi connectivity index (χ2v) is 8.70. The molecule has 1 heterocycles. The zero-order valence-electron chi connectivity index (χ0n) is 19.2. The maximum atomic E-state index is 13.0. The molecule has 0 saturated carbocycles. The molecule has 0 aliphatic heterocycles. The molecular weight excluding hydrogens is 516 g/mol. The zero-order chi connectivity index (χ0) is 25.1. The summed E-state index contributed by atoms with van der Waals surface area (Å²) in [6, 6.07) is 15.8. The molecule has 178 valence electrons. The van der Waals surface area contributed by atoms with E-state index >= 15 is 0 Å². The van der Waals surface area contributed by atoms with Gasteiger partial charge in [0.2, 0.25) is 5.75 Å². The predicted molar refractivity (Wildman–Crippen MR) is 137 cm³/mol. The third-order valence-electron chi connectivity index (χ3n) is 5.23. The summed E-state index contributed by atoms with van der Waals surface area (Å²) in [6.45, 7) is 3.75. The Morgan fingerprint density at radius 1 is 1.17 bits per heavy atom. The lowest BCUT2D eigenvalue weighted by atomic mass is 10.1. The van der Waals surface area contributed by atoms with Gasteiger partial charge in [0.1, 0.15) is 12.4 Å². The number of nitrogens with zero attached hydrogens (tertiary/aromatic N) is 4. The molecule has 0 saturated heterocycles. The van der Waals surface area contributed by atoms with Crippen LogP contribution in [0, 0.1) is 24.0 Å². The summed E-state index contributed by atoms with van der Waals surface area (Å²) in [5.74, 6) is 0.570. The fourth-order valence-electron chi connectivity index (χ4n) is 3.59. The number of fused-ring (bicyclic) bond motifs is 1. The van der Waals surface area contributed by atoms with Crippen LogP contribution in [0.15, 0.2) is 69.0 Å². The van der Waals surface area contributed by atoms with Crippen LogP contribution >= 0.6 is 15.9 Å². The molecule has 0 N–H and O–H groups in total. The van der Waals surface area contributed by atoms with Crippen molar-refractivity contribution in [3.63, 3.8) is 0 Å². The average molecular weight is 537 g/mol. The molecular formula is C25H21BrN4O5. The Labute approximate surface area is 208 Å². The van der Waals surface area contributed by atoms with Crippen LogP contribution in [0.3, 0.4) is 0 Å². The van der Waals surface area contributed by atoms with Crippen LogP contribution in [-0.4, -0.2) is 27.9 Å². The lowest BCUT2D eigenvalue weighted by molar-refractivity contribution is -0.386. The Hall–Kier alpha value is -4.05. The van der Waals surface area contributed by atoms with Crippen molar-refractivity contribution < 1.29 is 14.4 Å². The molecule has 0 bridgehead atoms. The first-order chi connectivity index (χ1) is 16.8. The van der Waals surface area contributed by atoms with E-state index in [4.69, 9.17) is 9.47 Å². The van der Waals surface area contributed by atoms with Gasteiger partial charge in [-0.05, 0) is 43.7 Å². The highest BCUT2D eigenvalue weighted by molar-refractivity contribution is 9.10. The molecule has 0 radical (unpaired) electrons. The average Bonchev–Trinajstić information content (AvgIpc) is 2.83. The van der Waals surface area contributed by atoms with Crippen molar-refractivity contribution in [3.8, 4) is 11.5 Å². The van der Waals surface area contributed by atoms with Gasteiger partial charge in [0.05, 0.1) is 29.2 Å². The Kier molecular flexibility index (Phi) is 6.92. The molecule has 0 atom stereocenters. The zero-order valence-corrected chi connectivity index (χ0v) is 20.8. The molecule has 0 unspecified atom stereocenters. The molecule has 9 nitrogen and oxygen atoms in total. The Bertz CT molecular complexity index is 1530. The van der Waals surface area contributed by atoms with Gasteiger partial charge in [-0.25, -0.2) is 4.98 Å². The third kappa shape index (κ3) is 5.22. The first kappa shape index (κ1) is 24.1. The minimum Gasteiger partial charge on any atom is -0.493 e. The van der Waals surface area contributed by atoms with Gasteiger partial charge in [0.15, 0.2) is 5.75 Å². The normalized spacial score (nSPS) is 11.2. The Morgan fingerprint density at radius 2 is 1.97 bits per heavy atom. The highest BCUT2D eigenvalue weighted by atomic mass is 79.9. The second-order valence-electron chi connectivity index (χ2n) is 7.79. The molecule has 3 aromatic carbocycles. The number of aromatic nitrogens is 2. The number of nitro benzene ring substituents is 1. The fraction of sp³-hybridized carbons (Fsp3) is 0.160. The summed E-state index contributed by atoms with van der Waals surface area (Å²) in [6.07, 6.45) is 1.35. The number of ether oxygens (including phenoxy) is 2. The van der Waals surface area contributed by atoms with Crippen molar-refractivity contribution >= 4 is 38.7 Å². The van der Waals surface area contributed by atoms with Crippen molar-refractivity contribution in [3.05, 3.63) is 102 Å².